The Hall–Kier alpha value is -2.69. The summed E-state index contributed by atoms with van der Waals surface area (Å²) in [5, 5.41) is 4.56. The van der Waals surface area contributed by atoms with E-state index in [0.717, 1.165) is 31.2 Å². The quantitative estimate of drug-likeness (QED) is 0.195. The zero-order chi connectivity index (χ0) is 24.8. The molecule has 0 heterocycles. The van der Waals surface area contributed by atoms with E-state index in [9.17, 15) is 31.1 Å². The molecule has 1 saturated carbocycles. The fourth-order valence-corrected chi connectivity index (χ4v) is 3.31. The fourth-order valence-electron chi connectivity index (χ4n) is 3.09. The van der Waals surface area contributed by atoms with Crippen LogP contribution in [-0.4, -0.2) is 31.1 Å². The van der Waals surface area contributed by atoms with Crippen molar-refractivity contribution in [3.63, 3.8) is 0 Å². The standard InChI is InChI=1S/C21H22ClF6N3O2/c1-12(20(23,24)25)3-10-18(29-2)33-15-7-4-13(5-8-15)30-19(32)31-14-6-9-17(22)16(11-14)21(26,27)28/h3,6,9-11,13,15H,2,4-5,7-8H2,1H3,(H2,30,31,32)/b12-3+,18-10+/t13-,15-. The zero-order valence-electron chi connectivity index (χ0n) is 17.5. The van der Waals surface area contributed by atoms with Crippen LogP contribution in [0.1, 0.15) is 38.2 Å². The molecule has 1 aromatic rings. The highest BCUT2D eigenvalue weighted by molar-refractivity contribution is 6.31. The Morgan fingerprint density at radius 3 is 2.33 bits per heavy atom. The van der Waals surface area contributed by atoms with E-state index >= 15 is 0 Å². The van der Waals surface area contributed by atoms with Gasteiger partial charge in [0.05, 0.1) is 10.6 Å². The number of aliphatic imine (C=N–C) groups is 1. The number of benzene rings is 1. The molecule has 1 fully saturated rings. The Kier molecular flexibility index (Phi) is 8.82. The summed E-state index contributed by atoms with van der Waals surface area (Å²) in [5.74, 6) is -0.0454. The number of ether oxygens (including phenoxy) is 1. The van der Waals surface area contributed by atoms with Crippen LogP contribution < -0.4 is 10.6 Å². The third-order valence-corrected chi connectivity index (χ3v) is 5.23. The second-order valence-electron chi connectivity index (χ2n) is 7.39. The van der Waals surface area contributed by atoms with Crippen molar-refractivity contribution in [2.24, 2.45) is 4.99 Å². The van der Waals surface area contributed by atoms with Crippen molar-refractivity contribution < 1.29 is 35.9 Å². The predicted molar refractivity (Wildman–Crippen MR) is 113 cm³/mol. The van der Waals surface area contributed by atoms with Gasteiger partial charge in [0.1, 0.15) is 6.10 Å². The van der Waals surface area contributed by atoms with E-state index in [4.69, 9.17) is 16.3 Å². The lowest BCUT2D eigenvalue weighted by Gasteiger charge is -2.29. The number of alkyl halides is 6. The van der Waals surface area contributed by atoms with Crippen molar-refractivity contribution in [1.82, 2.24) is 5.32 Å². The van der Waals surface area contributed by atoms with Crippen molar-refractivity contribution in [1.29, 1.82) is 0 Å². The van der Waals surface area contributed by atoms with Gasteiger partial charge in [0.2, 0.25) is 5.88 Å². The number of anilines is 1. The molecule has 2 amide bonds. The molecular weight excluding hydrogens is 476 g/mol. The number of carbonyl (C=O) groups excluding carboxylic acids is 1. The third kappa shape index (κ3) is 8.30. The fraction of sp³-hybridized carbons (Fsp3) is 0.429. The van der Waals surface area contributed by atoms with E-state index in [0.29, 0.717) is 25.7 Å². The molecule has 1 aliphatic carbocycles. The number of hydrogen-bond donors (Lipinski definition) is 2. The number of nitrogens with zero attached hydrogens (tertiary/aromatic N) is 1. The molecule has 5 nitrogen and oxygen atoms in total. The molecule has 0 unspecified atom stereocenters. The maximum Gasteiger partial charge on any atom is 0.417 e. The Labute approximate surface area is 191 Å². The first-order chi connectivity index (χ1) is 15.3. The summed E-state index contributed by atoms with van der Waals surface area (Å²) in [4.78, 5) is 15.8. The van der Waals surface area contributed by atoms with Crippen molar-refractivity contribution in [2.45, 2.75) is 57.1 Å². The first kappa shape index (κ1) is 26.6. The van der Waals surface area contributed by atoms with Crippen molar-refractivity contribution in [3.05, 3.63) is 52.4 Å². The number of halogens is 7. The molecule has 2 rings (SSSR count). The number of nitrogens with one attached hydrogen (secondary N) is 2. The average molecular weight is 498 g/mol. The maximum absolute atomic E-state index is 12.9. The van der Waals surface area contributed by atoms with Crippen LogP contribution in [0.5, 0.6) is 0 Å². The Morgan fingerprint density at radius 2 is 1.79 bits per heavy atom. The van der Waals surface area contributed by atoms with Crippen LogP contribution in [0.25, 0.3) is 0 Å². The summed E-state index contributed by atoms with van der Waals surface area (Å²) in [6, 6.07) is 2.13. The third-order valence-electron chi connectivity index (χ3n) is 4.91. The molecule has 0 saturated heterocycles. The second kappa shape index (κ2) is 11.0. The smallest absolute Gasteiger partial charge is 0.417 e. The van der Waals surface area contributed by atoms with Crippen LogP contribution in [0.4, 0.5) is 36.8 Å². The van der Waals surface area contributed by atoms with Gasteiger partial charge in [-0.1, -0.05) is 11.6 Å². The lowest BCUT2D eigenvalue weighted by atomic mass is 9.93. The molecule has 0 aliphatic heterocycles. The molecule has 182 valence electrons. The van der Waals surface area contributed by atoms with Crippen LogP contribution in [0, 0.1) is 0 Å². The minimum absolute atomic E-state index is 0.0454. The minimum Gasteiger partial charge on any atom is -0.474 e. The van der Waals surface area contributed by atoms with Crippen LogP contribution in [0.3, 0.4) is 0 Å². The van der Waals surface area contributed by atoms with Gasteiger partial charge in [-0.3, -0.25) is 0 Å². The van der Waals surface area contributed by atoms with E-state index in [1.54, 1.807) is 0 Å². The molecule has 0 spiro atoms. The highest BCUT2D eigenvalue weighted by atomic mass is 35.5. The maximum atomic E-state index is 12.9. The molecule has 2 N–H and O–H groups in total. The monoisotopic (exact) mass is 497 g/mol. The predicted octanol–water partition coefficient (Wildman–Crippen LogP) is 6.86. The van der Waals surface area contributed by atoms with Gasteiger partial charge >= 0.3 is 18.4 Å². The normalized spacial score (nSPS) is 20.2. The zero-order valence-corrected chi connectivity index (χ0v) is 18.2. The van der Waals surface area contributed by atoms with E-state index < -0.39 is 34.5 Å². The van der Waals surface area contributed by atoms with Gasteiger partial charge in [-0.2, -0.15) is 26.3 Å². The molecule has 0 aromatic heterocycles. The molecule has 1 aromatic carbocycles. The Balaban J connectivity index is 1.86. The molecular formula is C21H22ClF6N3O2. The minimum atomic E-state index is -4.65. The second-order valence-corrected chi connectivity index (χ2v) is 7.80. The van der Waals surface area contributed by atoms with Crippen molar-refractivity contribution >= 4 is 30.0 Å². The molecule has 1 aliphatic rings. The molecule has 0 radical (unpaired) electrons. The molecule has 0 atom stereocenters. The number of amides is 2. The number of allylic oxidation sites excluding steroid dienone is 3. The van der Waals surface area contributed by atoms with Crippen LogP contribution in [0.2, 0.25) is 5.02 Å². The summed E-state index contributed by atoms with van der Waals surface area (Å²) in [6.07, 6.45) is -5.53. The Morgan fingerprint density at radius 1 is 1.15 bits per heavy atom. The first-order valence-corrected chi connectivity index (χ1v) is 10.2. The summed E-state index contributed by atoms with van der Waals surface area (Å²) in [5.41, 5.74) is -1.93. The number of hydrogen-bond acceptors (Lipinski definition) is 3. The highest BCUT2D eigenvalue weighted by Gasteiger charge is 2.33. The molecule has 0 bridgehead atoms. The number of carbonyl (C=O) groups is 1. The van der Waals surface area contributed by atoms with Gasteiger partial charge in [-0.15, -0.1) is 0 Å². The van der Waals surface area contributed by atoms with Crippen LogP contribution in [-0.2, 0) is 10.9 Å². The first-order valence-electron chi connectivity index (χ1n) is 9.83. The molecule has 33 heavy (non-hydrogen) atoms. The van der Waals surface area contributed by atoms with E-state index in [-0.39, 0.29) is 23.7 Å². The number of rotatable bonds is 6. The Bertz CT molecular complexity index is 920. The van der Waals surface area contributed by atoms with Gasteiger partial charge in [-0.25, -0.2) is 9.79 Å². The number of urea groups is 1. The van der Waals surface area contributed by atoms with Crippen LogP contribution in [0.15, 0.2) is 46.8 Å². The summed E-state index contributed by atoms with van der Waals surface area (Å²) in [6.45, 7) is 4.21. The van der Waals surface area contributed by atoms with Crippen molar-refractivity contribution in [2.75, 3.05) is 5.32 Å². The topological polar surface area (TPSA) is 62.7 Å². The van der Waals surface area contributed by atoms with Crippen molar-refractivity contribution in [3.8, 4) is 0 Å². The lowest BCUT2D eigenvalue weighted by molar-refractivity contribution is -0.137. The van der Waals surface area contributed by atoms with E-state index in [1.807, 2.05) is 0 Å². The van der Waals surface area contributed by atoms with E-state index in [2.05, 4.69) is 22.3 Å². The highest BCUT2D eigenvalue weighted by Crippen LogP contribution is 2.36. The molecule has 12 heteroatoms. The lowest BCUT2D eigenvalue weighted by Crippen LogP contribution is -2.41. The van der Waals surface area contributed by atoms with Gasteiger partial charge in [0.25, 0.3) is 0 Å². The summed E-state index contributed by atoms with van der Waals surface area (Å²) >= 11 is 5.56. The van der Waals surface area contributed by atoms with Crippen LogP contribution >= 0.6 is 11.6 Å². The van der Waals surface area contributed by atoms with Gasteiger partial charge in [0.15, 0.2) is 0 Å². The average Bonchev–Trinajstić information content (AvgIpc) is 2.72. The summed E-state index contributed by atoms with van der Waals surface area (Å²) < 4.78 is 82.1. The largest absolute Gasteiger partial charge is 0.474 e. The van der Waals surface area contributed by atoms with Gasteiger partial charge < -0.3 is 15.4 Å². The van der Waals surface area contributed by atoms with Gasteiger partial charge in [0, 0.05) is 23.4 Å². The summed E-state index contributed by atoms with van der Waals surface area (Å²) in [7, 11) is 0. The van der Waals surface area contributed by atoms with E-state index in [1.165, 1.54) is 6.07 Å². The van der Waals surface area contributed by atoms with Gasteiger partial charge in [-0.05, 0) is 63.6 Å². The SMILES string of the molecule is C=N/C(=C\C=C(/C)C(F)(F)F)O[C@H]1CC[C@H](NC(=O)Nc2ccc(Cl)c(C(F)(F)F)c2)CC1.